The Labute approximate surface area is 82.1 Å². The molecule has 0 radical (unpaired) electrons. The molecule has 2 heterocycles. The molecule has 2 atom stereocenters. The van der Waals surface area contributed by atoms with Crippen LogP contribution < -0.4 is 0 Å². The highest BCUT2D eigenvalue weighted by Crippen LogP contribution is 2.38. The Morgan fingerprint density at radius 3 is 3.23 bits per heavy atom. The quantitative estimate of drug-likeness (QED) is 0.635. The molecule has 1 saturated heterocycles. The molecule has 0 saturated carbocycles. The Morgan fingerprint density at radius 1 is 1.77 bits per heavy atom. The fourth-order valence-corrected chi connectivity index (χ4v) is 2.80. The highest BCUT2D eigenvalue weighted by Gasteiger charge is 2.37. The summed E-state index contributed by atoms with van der Waals surface area (Å²) in [6, 6.07) is 0.154. The van der Waals surface area contributed by atoms with Crippen LogP contribution in [0, 0.1) is 0 Å². The smallest absolute Gasteiger partial charge is 0.248 e. The lowest BCUT2D eigenvalue weighted by molar-refractivity contribution is -0.145. The standard InChI is InChI=1S/C9H13NO2S/c1-3-6-4-7-9(13-6)12-5-8(11)10(7)2/h4,7,9H,3,5H2,1-2H3. The van der Waals surface area contributed by atoms with Crippen molar-refractivity contribution in [1.29, 1.82) is 0 Å². The van der Waals surface area contributed by atoms with E-state index in [1.807, 2.05) is 7.05 Å². The summed E-state index contributed by atoms with van der Waals surface area (Å²) >= 11 is 1.75. The average molecular weight is 199 g/mol. The van der Waals surface area contributed by atoms with Crippen molar-refractivity contribution in [3.05, 3.63) is 11.0 Å². The second kappa shape index (κ2) is 3.35. The molecule has 13 heavy (non-hydrogen) atoms. The molecule has 1 amide bonds. The van der Waals surface area contributed by atoms with Gasteiger partial charge in [-0.05, 0) is 17.4 Å². The number of morpholine rings is 1. The molecule has 0 aromatic rings. The molecule has 1 fully saturated rings. The van der Waals surface area contributed by atoms with Gasteiger partial charge < -0.3 is 9.64 Å². The van der Waals surface area contributed by atoms with Gasteiger partial charge in [0, 0.05) is 7.05 Å². The van der Waals surface area contributed by atoms with E-state index in [1.165, 1.54) is 4.91 Å². The number of nitrogens with zero attached hydrogens (tertiary/aromatic N) is 1. The minimum absolute atomic E-state index is 0.0791. The minimum Gasteiger partial charge on any atom is -0.355 e. The van der Waals surface area contributed by atoms with Gasteiger partial charge in [0.05, 0.1) is 6.04 Å². The molecule has 0 aliphatic carbocycles. The zero-order valence-corrected chi connectivity index (χ0v) is 8.63. The van der Waals surface area contributed by atoms with E-state index in [2.05, 4.69) is 13.0 Å². The van der Waals surface area contributed by atoms with E-state index in [1.54, 1.807) is 16.7 Å². The molecule has 2 rings (SSSR count). The summed E-state index contributed by atoms with van der Waals surface area (Å²) in [6.45, 7) is 2.35. The monoisotopic (exact) mass is 199 g/mol. The van der Waals surface area contributed by atoms with Gasteiger partial charge in [-0.25, -0.2) is 0 Å². The fraction of sp³-hybridized carbons (Fsp3) is 0.667. The minimum atomic E-state index is 0.0791. The third kappa shape index (κ3) is 1.48. The zero-order chi connectivity index (χ0) is 9.42. The van der Waals surface area contributed by atoms with Crippen molar-refractivity contribution in [1.82, 2.24) is 4.90 Å². The third-order valence-electron chi connectivity index (χ3n) is 2.46. The second-order valence-corrected chi connectivity index (χ2v) is 4.50. The Morgan fingerprint density at radius 2 is 2.54 bits per heavy atom. The molecule has 0 N–H and O–H groups in total. The van der Waals surface area contributed by atoms with Crippen LogP contribution in [0.3, 0.4) is 0 Å². The van der Waals surface area contributed by atoms with E-state index in [0.29, 0.717) is 0 Å². The van der Waals surface area contributed by atoms with Crippen LogP contribution in [-0.4, -0.2) is 35.9 Å². The van der Waals surface area contributed by atoms with Gasteiger partial charge >= 0.3 is 0 Å². The lowest BCUT2D eigenvalue weighted by atomic mass is 10.2. The lowest BCUT2D eigenvalue weighted by Crippen LogP contribution is -2.48. The predicted molar refractivity (Wildman–Crippen MR) is 52.3 cm³/mol. The van der Waals surface area contributed by atoms with E-state index in [9.17, 15) is 4.79 Å². The highest BCUT2D eigenvalue weighted by atomic mass is 32.2. The number of carbonyl (C=O) groups is 1. The van der Waals surface area contributed by atoms with Crippen molar-refractivity contribution >= 4 is 17.7 Å². The highest BCUT2D eigenvalue weighted by molar-refractivity contribution is 8.03. The molecular weight excluding hydrogens is 186 g/mol. The molecule has 4 heteroatoms. The first-order valence-electron chi connectivity index (χ1n) is 4.47. The zero-order valence-electron chi connectivity index (χ0n) is 7.82. The van der Waals surface area contributed by atoms with Gasteiger partial charge in [-0.3, -0.25) is 4.79 Å². The molecule has 0 aromatic heterocycles. The van der Waals surface area contributed by atoms with Crippen molar-refractivity contribution in [3.63, 3.8) is 0 Å². The van der Waals surface area contributed by atoms with Crippen LogP contribution >= 0.6 is 11.8 Å². The Balaban J connectivity index is 2.15. The summed E-state index contributed by atoms with van der Waals surface area (Å²) in [5, 5.41) is 0. The van der Waals surface area contributed by atoms with Gasteiger partial charge in [0.1, 0.15) is 12.0 Å². The molecule has 2 aliphatic heterocycles. The maximum atomic E-state index is 11.3. The molecule has 2 aliphatic rings. The number of amides is 1. The summed E-state index contributed by atoms with van der Waals surface area (Å²) in [5.74, 6) is 0.0791. The number of hydrogen-bond acceptors (Lipinski definition) is 3. The van der Waals surface area contributed by atoms with Gasteiger partial charge in [-0.1, -0.05) is 18.7 Å². The number of hydrogen-bond donors (Lipinski definition) is 0. The Kier molecular flexibility index (Phi) is 2.34. The fourth-order valence-electron chi connectivity index (χ4n) is 1.58. The van der Waals surface area contributed by atoms with Gasteiger partial charge in [-0.2, -0.15) is 0 Å². The molecule has 0 aromatic carbocycles. The molecule has 0 spiro atoms. The van der Waals surface area contributed by atoms with E-state index in [4.69, 9.17) is 4.74 Å². The molecule has 2 unspecified atom stereocenters. The van der Waals surface area contributed by atoms with E-state index in [0.717, 1.165) is 6.42 Å². The summed E-state index contributed by atoms with van der Waals surface area (Å²) in [7, 11) is 1.85. The third-order valence-corrected chi connectivity index (χ3v) is 3.84. The summed E-state index contributed by atoms with van der Waals surface area (Å²) in [4.78, 5) is 14.4. The first kappa shape index (κ1) is 9.09. The number of ether oxygens (including phenoxy) is 1. The number of thioether (sulfide) groups is 1. The number of rotatable bonds is 1. The predicted octanol–water partition coefficient (Wildman–Crippen LogP) is 1.21. The van der Waals surface area contributed by atoms with Crippen LogP contribution in [0.25, 0.3) is 0 Å². The number of fused-ring (bicyclic) bond motifs is 1. The van der Waals surface area contributed by atoms with Crippen LogP contribution in [-0.2, 0) is 9.53 Å². The van der Waals surface area contributed by atoms with E-state index >= 15 is 0 Å². The number of carbonyl (C=O) groups excluding carboxylic acids is 1. The SMILES string of the molecule is CCC1=CC2C(OCC(=O)N2C)S1. The number of allylic oxidation sites excluding steroid dienone is 1. The van der Waals surface area contributed by atoms with Gasteiger partial charge in [-0.15, -0.1) is 0 Å². The van der Waals surface area contributed by atoms with Crippen molar-refractivity contribution < 1.29 is 9.53 Å². The van der Waals surface area contributed by atoms with Crippen molar-refractivity contribution in [2.75, 3.05) is 13.7 Å². The first-order chi connectivity index (χ1) is 6.22. The summed E-state index contributed by atoms with van der Waals surface area (Å²) in [6.07, 6.45) is 3.18. The van der Waals surface area contributed by atoms with Gasteiger partial charge in [0.15, 0.2) is 0 Å². The number of likely N-dealkylation sites (N-methyl/N-ethyl adjacent to an activating group) is 1. The van der Waals surface area contributed by atoms with Gasteiger partial charge in [0.25, 0.3) is 0 Å². The molecular formula is C9H13NO2S. The largest absolute Gasteiger partial charge is 0.355 e. The average Bonchev–Trinajstić information content (AvgIpc) is 2.55. The van der Waals surface area contributed by atoms with Crippen molar-refractivity contribution in [2.24, 2.45) is 0 Å². The van der Waals surface area contributed by atoms with E-state index in [-0.39, 0.29) is 24.0 Å². The second-order valence-electron chi connectivity index (χ2n) is 3.28. The normalized spacial score (nSPS) is 33.2. The molecule has 72 valence electrons. The first-order valence-corrected chi connectivity index (χ1v) is 5.35. The van der Waals surface area contributed by atoms with Crippen molar-refractivity contribution in [3.8, 4) is 0 Å². The van der Waals surface area contributed by atoms with Gasteiger partial charge in [0.2, 0.25) is 5.91 Å². The molecule has 0 bridgehead atoms. The van der Waals surface area contributed by atoms with Crippen molar-refractivity contribution in [2.45, 2.75) is 24.8 Å². The van der Waals surface area contributed by atoms with E-state index < -0.39 is 0 Å². The topological polar surface area (TPSA) is 29.5 Å². The van der Waals surface area contributed by atoms with Crippen LogP contribution in [0.5, 0.6) is 0 Å². The summed E-state index contributed by atoms with van der Waals surface area (Å²) < 4.78 is 5.44. The molecule has 3 nitrogen and oxygen atoms in total. The van der Waals surface area contributed by atoms with Crippen LogP contribution in [0.2, 0.25) is 0 Å². The maximum absolute atomic E-state index is 11.3. The van der Waals surface area contributed by atoms with Crippen LogP contribution in [0.15, 0.2) is 11.0 Å². The summed E-state index contributed by atoms with van der Waals surface area (Å²) in [5.41, 5.74) is 0.137. The van der Waals surface area contributed by atoms with Crippen LogP contribution in [0.1, 0.15) is 13.3 Å². The Bertz CT molecular complexity index is 264. The lowest BCUT2D eigenvalue weighted by Gasteiger charge is -2.33. The van der Waals surface area contributed by atoms with Crippen LogP contribution in [0.4, 0.5) is 0 Å². The maximum Gasteiger partial charge on any atom is 0.248 e. The Hall–Kier alpha value is -0.480.